The number of aromatic nitrogens is 1. The number of nitrogens with zero attached hydrogens (tertiary/aromatic N) is 2. The summed E-state index contributed by atoms with van der Waals surface area (Å²) < 4.78 is 18.2. The Bertz CT molecular complexity index is 777. The van der Waals surface area contributed by atoms with E-state index in [4.69, 9.17) is 14.2 Å². The highest BCUT2D eigenvalue weighted by atomic mass is 16.5. The van der Waals surface area contributed by atoms with Gasteiger partial charge in [0.25, 0.3) is 5.91 Å². The second-order valence-corrected chi connectivity index (χ2v) is 7.40. The number of aryl methyl sites for hydroxylation is 1. The summed E-state index contributed by atoms with van der Waals surface area (Å²) in [6, 6.07) is 9.39. The smallest absolute Gasteiger partial charge is 0.254 e. The number of nitrogens with one attached hydrogen (secondary N) is 1. The van der Waals surface area contributed by atoms with Crippen molar-refractivity contribution in [2.24, 2.45) is 7.05 Å². The van der Waals surface area contributed by atoms with Gasteiger partial charge in [0.2, 0.25) is 0 Å². The van der Waals surface area contributed by atoms with Gasteiger partial charge in [0.15, 0.2) is 0 Å². The highest BCUT2D eigenvalue weighted by Crippen LogP contribution is 2.24. The number of hydrogen-bond acceptors (Lipinski definition) is 4. The maximum atomic E-state index is 13.4. The zero-order valence-corrected chi connectivity index (χ0v) is 17.6. The minimum Gasteiger partial charge on any atom is -0.497 e. The van der Waals surface area contributed by atoms with Gasteiger partial charge in [0, 0.05) is 43.5 Å². The average Bonchev–Trinajstić information content (AvgIpc) is 3.17. The molecule has 0 saturated carbocycles. The van der Waals surface area contributed by atoms with Crippen LogP contribution in [0.4, 0.5) is 0 Å². The fraction of sp³-hybridized carbons (Fsp3) is 0.500. The molecule has 0 atom stereocenters. The minimum atomic E-state index is -0.0135. The van der Waals surface area contributed by atoms with E-state index >= 15 is 0 Å². The average molecular weight is 403 g/mol. The Kier molecular flexibility index (Phi) is 7.55. The molecule has 0 unspecified atom stereocenters. The number of carbonyl (C=O) groups is 1. The molecule has 0 bridgehead atoms. The van der Waals surface area contributed by atoms with Crippen LogP contribution in [0.2, 0.25) is 0 Å². The standard InChI is InChI=1S/C22H31N3O4/c1-23-7-4-6-19(23)17-25(9-5-8-24-10-12-29-13-11-24)22(26)18-14-20(27-2)16-21(15-18)28-3/h4,6-7,14-16H,5,8-13,17H2,1-3H3/p+1. The van der Waals surface area contributed by atoms with Crippen molar-refractivity contribution < 1.29 is 23.9 Å². The molecule has 1 N–H and O–H groups in total. The fourth-order valence-corrected chi connectivity index (χ4v) is 3.65. The van der Waals surface area contributed by atoms with Gasteiger partial charge in [-0.15, -0.1) is 0 Å². The summed E-state index contributed by atoms with van der Waals surface area (Å²) in [6.07, 6.45) is 2.96. The lowest BCUT2D eigenvalue weighted by Gasteiger charge is -2.27. The van der Waals surface area contributed by atoms with Crippen molar-refractivity contribution in [3.8, 4) is 11.5 Å². The summed E-state index contributed by atoms with van der Waals surface area (Å²) in [7, 11) is 5.19. The van der Waals surface area contributed by atoms with E-state index in [0.717, 1.165) is 45.0 Å². The lowest BCUT2D eigenvalue weighted by Crippen LogP contribution is -3.14. The number of methoxy groups -OCH3 is 2. The first-order chi connectivity index (χ1) is 14.1. The summed E-state index contributed by atoms with van der Waals surface area (Å²) in [6.45, 7) is 6.05. The molecule has 1 amide bonds. The number of amides is 1. The molecule has 1 aromatic heterocycles. The number of ether oxygens (including phenoxy) is 3. The van der Waals surface area contributed by atoms with Crippen LogP contribution in [0.3, 0.4) is 0 Å². The Morgan fingerprint density at radius 1 is 1.17 bits per heavy atom. The van der Waals surface area contributed by atoms with Gasteiger partial charge in [-0.2, -0.15) is 0 Å². The number of benzene rings is 1. The predicted octanol–water partition coefficient (Wildman–Crippen LogP) is 0.990. The van der Waals surface area contributed by atoms with Gasteiger partial charge in [-0.1, -0.05) is 0 Å². The second-order valence-electron chi connectivity index (χ2n) is 7.40. The number of rotatable bonds is 9. The first-order valence-corrected chi connectivity index (χ1v) is 10.1. The molecule has 1 aliphatic rings. The van der Waals surface area contributed by atoms with Crippen molar-refractivity contribution in [2.75, 3.05) is 53.6 Å². The van der Waals surface area contributed by atoms with Gasteiger partial charge in [0.1, 0.15) is 24.6 Å². The Hall–Kier alpha value is -2.51. The zero-order valence-electron chi connectivity index (χ0n) is 17.6. The third-order valence-corrected chi connectivity index (χ3v) is 5.45. The SMILES string of the molecule is COc1cc(OC)cc(C(=O)N(CCC[NH+]2CCOCC2)Cc2cccn2C)c1. The van der Waals surface area contributed by atoms with E-state index in [9.17, 15) is 4.79 Å². The molecule has 1 fully saturated rings. The van der Waals surface area contributed by atoms with E-state index in [2.05, 4.69) is 10.6 Å². The maximum Gasteiger partial charge on any atom is 0.254 e. The van der Waals surface area contributed by atoms with Crippen LogP contribution < -0.4 is 14.4 Å². The molecule has 0 aliphatic carbocycles. The number of morpholine rings is 1. The molecular formula is C22H32N3O4+. The quantitative estimate of drug-likeness (QED) is 0.680. The van der Waals surface area contributed by atoms with Crippen molar-refractivity contribution in [2.45, 2.75) is 13.0 Å². The molecule has 2 aromatic rings. The lowest BCUT2D eigenvalue weighted by atomic mass is 10.1. The molecule has 158 valence electrons. The van der Waals surface area contributed by atoms with Crippen LogP contribution in [-0.4, -0.2) is 69.0 Å². The number of quaternary nitrogens is 1. The van der Waals surface area contributed by atoms with Crippen molar-refractivity contribution >= 4 is 5.91 Å². The number of hydrogen-bond donors (Lipinski definition) is 1. The highest BCUT2D eigenvalue weighted by Gasteiger charge is 2.20. The molecule has 1 aromatic carbocycles. The molecule has 3 rings (SSSR count). The second kappa shape index (κ2) is 10.3. The molecule has 0 radical (unpaired) electrons. The molecule has 1 aliphatic heterocycles. The van der Waals surface area contributed by atoms with Crippen LogP contribution in [0.5, 0.6) is 11.5 Å². The third kappa shape index (κ3) is 5.74. The predicted molar refractivity (Wildman–Crippen MR) is 111 cm³/mol. The summed E-state index contributed by atoms with van der Waals surface area (Å²) in [4.78, 5) is 16.8. The third-order valence-electron chi connectivity index (χ3n) is 5.45. The minimum absolute atomic E-state index is 0.0135. The van der Waals surface area contributed by atoms with Gasteiger partial charge in [-0.25, -0.2) is 0 Å². The van der Waals surface area contributed by atoms with Gasteiger partial charge < -0.3 is 28.6 Å². The zero-order chi connectivity index (χ0) is 20.6. The summed E-state index contributed by atoms with van der Waals surface area (Å²) in [5.41, 5.74) is 1.68. The van der Waals surface area contributed by atoms with Crippen LogP contribution >= 0.6 is 0 Å². The molecule has 2 heterocycles. The highest BCUT2D eigenvalue weighted by molar-refractivity contribution is 5.95. The normalized spacial score (nSPS) is 14.6. The molecule has 7 heteroatoms. The van der Waals surface area contributed by atoms with Gasteiger partial charge in [0.05, 0.1) is 40.5 Å². The Morgan fingerprint density at radius 2 is 1.86 bits per heavy atom. The van der Waals surface area contributed by atoms with Crippen LogP contribution in [0, 0.1) is 0 Å². The van der Waals surface area contributed by atoms with Crippen molar-refractivity contribution in [1.82, 2.24) is 9.47 Å². The molecule has 1 saturated heterocycles. The summed E-state index contributed by atoms with van der Waals surface area (Å²) in [5.74, 6) is 1.22. The van der Waals surface area contributed by atoms with E-state index in [-0.39, 0.29) is 5.91 Å². The van der Waals surface area contributed by atoms with Crippen molar-refractivity contribution in [1.29, 1.82) is 0 Å². The Morgan fingerprint density at radius 3 is 2.45 bits per heavy atom. The topological polar surface area (TPSA) is 57.4 Å². The summed E-state index contributed by atoms with van der Waals surface area (Å²) >= 11 is 0. The van der Waals surface area contributed by atoms with Gasteiger partial charge >= 0.3 is 0 Å². The monoisotopic (exact) mass is 402 g/mol. The van der Waals surface area contributed by atoms with E-state index in [1.165, 1.54) is 0 Å². The Labute approximate surface area is 172 Å². The van der Waals surface area contributed by atoms with Crippen LogP contribution in [0.1, 0.15) is 22.5 Å². The van der Waals surface area contributed by atoms with E-state index < -0.39 is 0 Å². The van der Waals surface area contributed by atoms with E-state index in [1.807, 2.05) is 24.2 Å². The van der Waals surface area contributed by atoms with Crippen molar-refractivity contribution in [3.05, 3.63) is 47.8 Å². The van der Waals surface area contributed by atoms with Crippen LogP contribution in [0.15, 0.2) is 36.5 Å². The Balaban J connectivity index is 1.74. The first kappa shape index (κ1) is 21.2. The van der Waals surface area contributed by atoms with Crippen LogP contribution in [-0.2, 0) is 18.3 Å². The largest absolute Gasteiger partial charge is 0.497 e. The molecule has 7 nitrogen and oxygen atoms in total. The van der Waals surface area contributed by atoms with Gasteiger partial charge in [-0.05, 0) is 24.3 Å². The van der Waals surface area contributed by atoms with E-state index in [0.29, 0.717) is 30.2 Å². The lowest BCUT2D eigenvalue weighted by molar-refractivity contribution is -0.908. The van der Waals surface area contributed by atoms with Gasteiger partial charge in [-0.3, -0.25) is 4.79 Å². The molecule has 0 spiro atoms. The molecular weight excluding hydrogens is 370 g/mol. The maximum absolute atomic E-state index is 13.4. The molecule has 29 heavy (non-hydrogen) atoms. The van der Waals surface area contributed by atoms with Crippen molar-refractivity contribution in [3.63, 3.8) is 0 Å². The van der Waals surface area contributed by atoms with Crippen LogP contribution in [0.25, 0.3) is 0 Å². The summed E-state index contributed by atoms with van der Waals surface area (Å²) in [5, 5.41) is 0. The van der Waals surface area contributed by atoms with E-state index in [1.54, 1.807) is 37.3 Å². The fourth-order valence-electron chi connectivity index (χ4n) is 3.65. The number of carbonyl (C=O) groups excluding carboxylic acids is 1. The first-order valence-electron chi connectivity index (χ1n) is 10.1.